The van der Waals surface area contributed by atoms with Crippen molar-refractivity contribution in [2.45, 2.75) is 13.5 Å². The van der Waals surface area contributed by atoms with Gasteiger partial charge in [-0.2, -0.15) is 0 Å². The average Bonchev–Trinajstić information content (AvgIpc) is 3.58. The fraction of sp³-hybridized carbons (Fsp3) is 0.200. The molecule has 206 valence electrons. The normalized spacial score (nSPS) is 11.4. The first-order chi connectivity index (χ1) is 19.9. The number of pyridine rings is 2. The molecule has 11 nitrogen and oxygen atoms in total. The van der Waals surface area contributed by atoms with Crippen LogP contribution in [0.2, 0.25) is 0 Å². The Labute approximate surface area is 236 Å². The van der Waals surface area contributed by atoms with Gasteiger partial charge in [-0.15, -0.1) is 0 Å². The molecule has 0 bridgehead atoms. The van der Waals surface area contributed by atoms with Crippen LogP contribution in [0.5, 0.6) is 5.75 Å². The number of aromatic nitrogens is 7. The molecule has 11 heteroatoms. The minimum Gasteiger partial charge on any atom is -0.497 e. The summed E-state index contributed by atoms with van der Waals surface area (Å²) in [6, 6.07) is 17.5. The summed E-state index contributed by atoms with van der Waals surface area (Å²) in [7, 11) is 5.34. The minimum absolute atomic E-state index is 0.141. The molecule has 6 aromatic rings. The fourth-order valence-corrected chi connectivity index (χ4v) is 4.73. The van der Waals surface area contributed by atoms with E-state index in [9.17, 15) is 4.79 Å². The Kier molecular flexibility index (Phi) is 6.86. The van der Waals surface area contributed by atoms with Gasteiger partial charge >= 0.3 is 0 Å². The predicted octanol–water partition coefficient (Wildman–Crippen LogP) is 4.09. The highest BCUT2D eigenvalue weighted by atomic mass is 16.5. The molecule has 5 heterocycles. The van der Waals surface area contributed by atoms with Gasteiger partial charge in [-0.1, -0.05) is 18.2 Å². The number of methoxy groups -OCH3 is 1. The number of imidazole rings is 1. The number of carbonyl (C=O) groups excluding carboxylic acids is 1. The van der Waals surface area contributed by atoms with Gasteiger partial charge in [0.1, 0.15) is 17.3 Å². The number of amides is 1. The number of anilines is 1. The largest absolute Gasteiger partial charge is 0.497 e. The first kappa shape index (κ1) is 26.1. The van der Waals surface area contributed by atoms with Gasteiger partial charge in [0.05, 0.1) is 32.0 Å². The highest BCUT2D eigenvalue weighted by Crippen LogP contribution is 2.29. The van der Waals surface area contributed by atoms with Crippen molar-refractivity contribution in [1.29, 1.82) is 0 Å². The minimum atomic E-state index is -0.141. The molecule has 0 spiro atoms. The van der Waals surface area contributed by atoms with Crippen LogP contribution in [0, 0.1) is 6.92 Å². The van der Waals surface area contributed by atoms with E-state index in [0.29, 0.717) is 40.9 Å². The van der Waals surface area contributed by atoms with E-state index < -0.39 is 0 Å². The van der Waals surface area contributed by atoms with Gasteiger partial charge in [0.15, 0.2) is 22.8 Å². The van der Waals surface area contributed by atoms with Gasteiger partial charge in [0.25, 0.3) is 0 Å². The average molecular weight is 548 g/mol. The quantitative estimate of drug-likeness (QED) is 0.303. The Morgan fingerprint density at radius 3 is 2.59 bits per heavy atom. The summed E-state index contributed by atoms with van der Waals surface area (Å²) in [6.45, 7) is 2.76. The van der Waals surface area contributed by atoms with Crippen LogP contribution in [0.15, 0.2) is 73.3 Å². The van der Waals surface area contributed by atoms with Crippen LogP contribution < -0.4 is 10.1 Å². The van der Waals surface area contributed by atoms with Crippen LogP contribution in [-0.2, 0) is 11.3 Å². The molecule has 0 radical (unpaired) electrons. The van der Waals surface area contributed by atoms with Gasteiger partial charge < -0.3 is 19.5 Å². The number of hydrogen-bond donors (Lipinski definition) is 1. The van der Waals surface area contributed by atoms with E-state index in [4.69, 9.17) is 19.7 Å². The zero-order valence-corrected chi connectivity index (χ0v) is 23.2. The number of nitrogens with one attached hydrogen (secondary N) is 1. The number of carbonyl (C=O) groups is 1. The SMILES string of the molecule is COc1ccc(Cn2cnc3c(-n4ccc5c(NC(=O)CN(C)C)nccc54)nc(-c4cccc(C)n4)nc32)cc1. The number of rotatable bonds is 8. The van der Waals surface area contributed by atoms with E-state index in [1.54, 1.807) is 24.5 Å². The van der Waals surface area contributed by atoms with Crippen molar-refractivity contribution in [3.05, 3.63) is 84.6 Å². The van der Waals surface area contributed by atoms with Crippen molar-refractivity contribution < 1.29 is 9.53 Å². The zero-order chi connectivity index (χ0) is 28.5. The lowest BCUT2D eigenvalue weighted by Gasteiger charge is -2.12. The monoisotopic (exact) mass is 547 g/mol. The van der Waals surface area contributed by atoms with Crippen molar-refractivity contribution in [3.8, 4) is 23.1 Å². The van der Waals surface area contributed by atoms with Crippen LogP contribution in [0.25, 0.3) is 39.4 Å². The lowest BCUT2D eigenvalue weighted by Crippen LogP contribution is -2.27. The van der Waals surface area contributed by atoms with Crippen LogP contribution in [-0.4, -0.2) is 72.6 Å². The standard InChI is InChI=1S/C30H29N9O2/c1-19-6-5-7-23(33-19)28-35-29-26(32-18-38(29)16-20-8-10-21(41-4)11-9-20)30(36-28)39-15-13-22-24(39)12-14-31-27(22)34-25(40)17-37(2)3/h5-15,18H,16-17H2,1-4H3,(H,31,34,40). The Hall–Kier alpha value is -5.16. The predicted molar refractivity (Wildman–Crippen MR) is 157 cm³/mol. The smallest absolute Gasteiger partial charge is 0.239 e. The third-order valence-electron chi connectivity index (χ3n) is 6.64. The molecule has 0 saturated heterocycles. The van der Waals surface area contributed by atoms with Crippen LogP contribution in [0.3, 0.4) is 0 Å². The number of fused-ring (bicyclic) bond motifs is 2. The molecular formula is C30H29N9O2. The van der Waals surface area contributed by atoms with Gasteiger partial charge in [-0.3, -0.25) is 9.36 Å². The topological polar surface area (TPSA) is 116 Å². The molecule has 0 saturated carbocycles. The third kappa shape index (κ3) is 5.22. The van der Waals surface area contributed by atoms with Crippen molar-refractivity contribution in [1.82, 2.24) is 39.0 Å². The summed E-state index contributed by atoms with van der Waals surface area (Å²) in [5, 5.41) is 3.72. The maximum Gasteiger partial charge on any atom is 0.239 e. The lowest BCUT2D eigenvalue weighted by atomic mass is 10.2. The number of ether oxygens (including phenoxy) is 1. The second-order valence-electron chi connectivity index (χ2n) is 9.99. The second-order valence-corrected chi connectivity index (χ2v) is 9.99. The van der Waals surface area contributed by atoms with E-state index in [0.717, 1.165) is 27.9 Å². The van der Waals surface area contributed by atoms with E-state index in [-0.39, 0.29) is 12.5 Å². The van der Waals surface area contributed by atoms with Crippen molar-refractivity contribution in [2.24, 2.45) is 0 Å². The summed E-state index contributed by atoms with van der Waals surface area (Å²) < 4.78 is 9.26. The Morgan fingerprint density at radius 1 is 1.00 bits per heavy atom. The molecule has 0 fully saturated rings. The molecule has 0 unspecified atom stereocenters. The Morgan fingerprint density at radius 2 is 1.83 bits per heavy atom. The van der Waals surface area contributed by atoms with Crippen molar-refractivity contribution in [2.75, 3.05) is 33.1 Å². The molecule has 1 amide bonds. The van der Waals surface area contributed by atoms with Gasteiger partial charge in [0.2, 0.25) is 5.91 Å². The van der Waals surface area contributed by atoms with E-state index in [1.165, 1.54) is 0 Å². The molecule has 0 aliphatic rings. The molecule has 1 aromatic carbocycles. The van der Waals surface area contributed by atoms with Crippen LogP contribution >= 0.6 is 0 Å². The molecular weight excluding hydrogens is 518 g/mol. The molecule has 5 aromatic heterocycles. The molecule has 0 aliphatic carbocycles. The molecule has 41 heavy (non-hydrogen) atoms. The summed E-state index contributed by atoms with van der Waals surface area (Å²) in [6.07, 6.45) is 5.36. The number of hydrogen-bond acceptors (Lipinski definition) is 8. The summed E-state index contributed by atoms with van der Waals surface area (Å²) in [5.74, 6) is 2.24. The highest BCUT2D eigenvalue weighted by molar-refractivity contribution is 6.01. The molecule has 6 rings (SSSR count). The summed E-state index contributed by atoms with van der Waals surface area (Å²) in [4.78, 5) is 38.0. The lowest BCUT2D eigenvalue weighted by molar-refractivity contribution is -0.116. The highest BCUT2D eigenvalue weighted by Gasteiger charge is 2.19. The molecule has 0 aliphatic heterocycles. The number of nitrogens with zero attached hydrogens (tertiary/aromatic N) is 8. The van der Waals surface area contributed by atoms with Gasteiger partial charge in [-0.25, -0.2) is 24.9 Å². The fourth-order valence-electron chi connectivity index (χ4n) is 4.73. The van der Waals surface area contributed by atoms with Crippen molar-refractivity contribution in [3.63, 3.8) is 0 Å². The maximum absolute atomic E-state index is 12.5. The van der Waals surface area contributed by atoms with E-state index >= 15 is 0 Å². The molecule has 1 N–H and O–H groups in total. The second kappa shape index (κ2) is 10.8. The first-order valence-corrected chi connectivity index (χ1v) is 13.1. The summed E-state index contributed by atoms with van der Waals surface area (Å²) >= 11 is 0. The number of aryl methyl sites for hydroxylation is 1. The van der Waals surface area contributed by atoms with E-state index in [2.05, 4.69) is 15.3 Å². The van der Waals surface area contributed by atoms with Crippen LogP contribution in [0.1, 0.15) is 11.3 Å². The van der Waals surface area contributed by atoms with Gasteiger partial charge in [0, 0.05) is 23.5 Å². The Balaban J connectivity index is 1.49. The van der Waals surface area contributed by atoms with Gasteiger partial charge in [-0.05, 0) is 63.0 Å². The molecule has 0 atom stereocenters. The third-order valence-corrected chi connectivity index (χ3v) is 6.64. The van der Waals surface area contributed by atoms with Crippen molar-refractivity contribution >= 4 is 33.8 Å². The Bertz CT molecular complexity index is 1870. The van der Waals surface area contributed by atoms with Crippen LogP contribution in [0.4, 0.5) is 5.82 Å². The maximum atomic E-state index is 12.5. The summed E-state index contributed by atoms with van der Waals surface area (Å²) in [5.41, 5.74) is 4.77. The number of likely N-dealkylation sites (N-methyl/N-ethyl adjacent to an activating group) is 1. The number of benzene rings is 1. The zero-order valence-electron chi connectivity index (χ0n) is 23.2. The van der Waals surface area contributed by atoms with E-state index in [1.807, 2.05) is 90.9 Å². The first-order valence-electron chi connectivity index (χ1n) is 13.1.